The second-order valence-electron chi connectivity index (χ2n) is 9.61. The zero-order valence-electron chi connectivity index (χ0n) is 18.7. The fourth-order valence-electron chi connectivity index (χ4n) is 4.57. The van der Waals surface area contributed by atoms with Crippen LogP contribution in [0.4, 0.5) is 0 Å². The molecule has 0 bridgehead atoms. The van der Waals surface area contributed by atoms with Crippen molar-refractivity contribution < 1.29 is 17.4 Å². The molecule has 1 radical (unpaired) electrons. The first-order chi connectivity index (χ1) is 12.6. The van der Waals surface area contributed by atoms with Crippen molar-refractivity contribution in [2.45, 2.75) is 59.3 Å². The third-order valence-electron chi connectivity index (χ3n) is 6.88. The van der Waals surface area contributed by atoms with Gasteiger partial charge in [0.2, 0.25) is 0 Å². The molecule has 1 aliphatic carbocycles. The SMILES string of the molecule is CC1C(C)C(C)C(C)C1C.[CH2-][Si](C)(C)CC1(c2ccccn2)C=CC=C[N-]1.[Cr+3]. The zero-order chi connectivity index (χ0) is 20.2. The predicted octanol–water partition coefficient (Wildman–Crippen LogP) is 6.99. The second kappa shape index (κ2) is 10.3. The summed E-state index contributed by atoms with van der Waals surface area (Å²) in [4.78, 5) is 4.47. The molecule has 1 unspecified atom stereocenters. The third kappa shape index (κ3) is 6.09. The van der Waals surface area contributed by atoms with Gasteiger partial charge in [0.05, 0.1) is 0 Å². The normalized spacial score (nSPS) is 34.1. The van der Waals surface area contributed by atoms with Crippen molar-refractivity contribution in [1.82, 2.24) is 4.98 Å². The van der Waals surface area contributed by atoms with Gasteiger partial charge in [-0.25, -0.2) is 0 Å². The summed E-state index contributed by atoms with van der Waals surface area (Å²) in [5.74, 6) is 4.68. The second-order valence-corrected chi connectivity index (χ2v) is 14.3. The van der Waals surface area contributed by atoms with Crippen LogP contribution in [-0.2, 0) is 22.9 Å². The molecule has 1 aromatic heterocycles. The van der Waals surface area contributed by atoms with Crippen molar-refractivity contribution in [2.24, 2.45) is 29.6 Å². The van der Waals surface area contributed by atoms with Gasteiger partial charge in [-0.1, -0.05) is 78.1 Å². The molecule has 3 rings (SSSR count). The molecule has 0 N–H and O–H groups in total. The summed E-state index contributed by atoms with van der Waals surface area (Å²) in [6.45, 7) is 20.8. The molecule has 153 valence electrons. The summed E-state index contributed by atoms with van der Waals surface area (Å²) in [6.07, 6.45) is 9.86. The van der Waals surface area contributed by atoms with Gasteiger partial charge in [0.25, 0.3) is 0 Å². The molecule has 1 atom stereocenters. The van der Waals surface area contributed by atoms with Gasteiger partial charge in [-0.05, 0) is 47.3 Å². The third-order valence-corrected chi connectivity index (χ3v) is 8.37. The van der Waals surface area contributed by atoms with Gasteiger partial charge in [0, 0.05) is 11.9 Å². The van der Waals surface area contributed by atoms with Gasteiger partial charge < -0.3 is 11.9 Å². The minimum absolute atomic E-state index is 0. The van der Waals surface area contributed by atoms with E-state index in [1.165, 1.54) is 0 Å². The minimum Gasteiger partial charge on any atom is -0.677 e. The van der Waals surface area contributed by atoms with Gasteiger partial charge in [-0.2, -0.15) is 6.20 Å². The van der Waals surface area contributed by atoms with Gasteiger partial charge >= 0.3 is 17.4 Å². The van der Waals surface area contributed by atoms with E-state index in [-0.39, 0.29) is 22.9 Å². The summed E-state index contributed by atoms with van der Waals surface area (Å²) in [5.41, 5.74) is 0.720. The van der Waals surface area contributed by atoms with E-state index in [2.05, 4.69) is 76.7 Å². The molecule has 1 aliphatic heterocycles. The minimum atomic E-state index is -1.47. The van der Waals surface area contributed by atoms with Crippen LogP contribution in [0.3, 0.4) is 0 Å². The van der Waals surface area contributed by atoms with E-state index in [1.54, 1.807) is 0 Å². The Bertz CT molecular complexity index is 607. The Morgan fingerprint density at radius 3 is 1.86 bits per heavy atom. The van der Waals surface area contributed by atoms with E-state index in [1.807, 2.05) is 36.7 Å². The monoisotopic (exact) mass is 434 g/mol. The van der Waals surface area contributed by atoms with Crippen LogP contribution in [0, 0.1) is 36.1 Å². The smallest absolute Gasteiger partial charge is 0.677 e. The van der Waals surface area contributed by atoms with Gasteiger partial charge in [-0.15, -0.1) is 8.07 Å². The Hall–Kier alpha value is -0.821. The topological polar surface area (TPSA) is 27.0 Å². The Balaban J connectivity index is 0.000000307. The predicted molar refractivity (Wildman–Crippen MR) is 121 cm³/mol. The molecule has 2 aliphatic rings. The van der Waals surface area contributed by atoms with E-state index in [4.69, 9.17) is 0 Å². The quantitative estimate of drug-likeness (QED) is 0.372. The largest absolute Gasteiger partial charge is 3.00 e. The van der Waals surface area contributed by atoms with Crippen LogP contribution in [0.1, 0.15) is 40.3 Å². The molecule has 0 saturated heterocycles. The first-order valence-corrected chi connectivity index (χ1v) is 13.8. The summed E-state index contributed by atoms with van der Waals surface area (Å²) in [7, 11) is -1.47. The van der Waals surface area contributed by atoms with Gasteiger partial charge in [-0.3, -0.25) is 4.98 Å². The molecule has 1 fully saturated rings. The molecule has 0 spiro atoms. The number of aromatic nitrogens is 1. The molecule has 1 aromatic rings. The van der Waals surface area contributed by atoms with Crippen molar-refractivity contribution in [2.75, 3.05) is 0 Å². The van der Waals surface area contributed by atoms with Gasteiger partial charge in [0.15, 0.2) is 0 Å². The number of nitrogens with zero attached hydrogens (tertiary/aromatic N) is 2. The summed E-state index contributed by atoms with van der Waals surface area (Å²) < 4.78 is 0. The molecule has 2 heterocycles. The van der Waals surface area contributed by atoms with Crippen LogP contribution in [-0.4, -0.2) is 13.1 Å². The molecule has 2 nitrogen and oxygen atoms in total. The van der Waals surface area contributed by atoms with Crippen LogP contribution in [0.25, 0.3) is 5.32 Å². The number of hydrogen-bond donors (Lipinski definition) is 0. The molecule has 0 aromatic carbocycles. The van der Waals surface area contributed by atoms with Crippen molar-refractivity contribution in [3.63, 3.8) is 0 Å². The number of hydrogen-bond acceptors (Lipinski definition) is 1. The molecule has 28 heavy (non-hydrogen) atoms. The fraction of sp³-hybridized carbons (Fsp3) is 0.583. The first kappa shape index (κ1) is 25.2. The summed E-state index contributed by atoms with van der Waals surface area (Å²) in [5, 5.41) is 4.68. The molecule has 1 saturated carbocycles. The van der Waals surface area contributed by atoms with Crippen molar-refractivity contribution in [1.29, 1.82) is 0 Å². The Labute approximate surface area is 185 Å². The average molecular weight is 435 g/mol. The van der Waals surface area contributed by atoms with E-state index in [9.17, 15) is 0 Å². The maximum atomic E-state index is 4.68. The average Bonchev–Trinajstić information content (AvgIpc) is 2.80. The maximum Gasteiger partial charge on any atom is 3.00 e. The first-order valence-electron chi connectivity index (χ1n) is 10.4. The van der Waals surface area contributed by atoms with Crippen molar-refractivity contribution in [3.8, 4) is 0 Å². The molecule has 0 amide bonds. The van der Waals surface area contributed by atoms with Crippen molar-refractivity contribution >= 4 is 8.07 Å². The van der Waals surface area contributed by atoms with Crippen LogP contribution in [0.15, 0.2) is 48.8 Å². The van der Waals surface area contributed by atoms with Crippen molar-refractivity contribution in [3.05, 3.63) is 66.4 Å². The van der Waals surface area contributed by atoms with Crippen LogP contribution in [0.2, 0.25) is 19.1 Å². The Morgan fingerprint density at radius 1 is 0.964 bits per heavy atom. The van der Waals surface area contributed by atoms with Gasteiger partial charge in [0.1, 0.15) is 0 Å². The maximum absolute atomic E-state index is 4.68. The number of allylic oxidation sites excluding steroid dienone is 2. The standard InChI is InChI=1S/C14H18N2Si.C10H20.Cr/c1-17(2,3)12-14(9-5-7-11-16-14)13-8-4-6-10-15-13;1-6-7(2)9(4)10(5)8(6)3;/h4-11H,1,12H2,2-3H3;6-10H,1-5H3;/q-2;;+3. The van der Waals surface area contributed by atoms with E-state index < -0.39 is 8.07 Å². The fourth-order valence-corrected chi connectivity index (χ4v) is 6.42. The summed E-state index contributed by atoms with van der Waals surface area (Å²) >= 11 is 0. The Morgan fingerprint density at radius 2 is 1.50 bits per heavy atom. The Kier molecular flexibility index (Phi) is 9.26. The molecular formula is C24H38CrN2Si+. The van der Waals surface area contributed by atoms with Crippen LogP contribution >= 0.6 is 0 Å². The summed E-state index contributed by atoms with van der Waals surface area (Å²) in [6, 6.07) is 6.99. The molecular weight excluding hydrogens is 396 g/mol. The van der Waals surface area contributed by atoms with E-state index in [0.29, 0.717) is 0 Å². The van der Waals surface area contributed by atoms with E-state index in [0.717, 1.165) is 41.3 Å². The van der Waals surface area contributed by atoms with E-state index >= 15 is 0 Å². The molecule has 4 heteroatoms. The number of pyridine rings is 1. The number of rotatable bonds is 3. The van der Waals surface area contributed by atoms with Crippen LogP contribution < -0.4 is 0 Å². The zero-order valence-corrected chi connectivity index (χ0v) is 21.0. The van der Waals surface area contributed by atoms with Crippen LogP contribution in [0.5, 0.6) is 0 Å².